The Morgan fingerprint density at radius 1 is 1.17 bits per heavy atom. The second-order valence-electron chi connectivity index (χ2n) is 6.72. The van der Waals surface area contributed by atoms with Crippen LogP contribution in [0.5, 0.6) is 5.75 Å². The van der Waals surface area contributed by atoms with Crippen LogP contribution in [0.25, 0.3) is 0 Å². The molecule has 0 aliphatic carbocycles. The topological polar surface area (TPSA) is 50.3 Å². The van der Waals surface area contributed by atoms with E-state index in [1.807, 2.05) is 48.5 Å². The van der Waals surface area contributed by atoms with Crippen LogP contribution in [0.3, 0.4) is 0 Å². The number of halogens is 2. The van der Waals surface area contributed by atoms with E-state index in [0.29, 0.717) is 12.4 Å². The fourth-order valence-electron chi connectivity index (χ4n) is 2.53. The molecule has 164 valence electrons. The molecule has 0 saturated carbocycles. The number of benzene rings is 1. The van der Waals surface area contributed by atoms with Gasteiger partial charge in [-0.3, -0.25) is 0 Å². The standard InChI is InChI=1S/C21H26N4OS2.2ClH/c1-16-15-28-21(23-16)24-20-19(26-14-17-8-5-4-6-9-17)12-18(13-22-20)27-11-7-10-25(2)3;;/h4-6,8-9,12-13,15H,7,10-11,14H2,1-3H3,(H,22,23,24);2*1H. The maximum absolute atomic E-state index is 6.12. The molecule has 0 atom stereocenters. The Morgan fingerprint density at radius 2 is 1.93 bits per heavy atom. The summed E-state index contributed by atoms with van der Waals surface area (Å²) in [5, 5.41) is 6.13. The van der Waals surface area contributed by atoms with Crippen molar-refractivity contribution in [3.8, 4) is 5.75 Å². The molecule has 3 rings (SSSR count). The lowest BCUT2D eigenvalue weighted by Gasteiger charge is -2.13. The Balaban J connectivity index is 0.00000225. The van der Waals surface area contributed by atoms with Crippen molar-refractivity contribution in [2.24, 2.45) is 0 Å². The van der Waals surface area contributed by atoms with Gasteiger partial charge < -0.3 is 15.0 Å². The molecule has 5 nitrogen and oxygen atoms in total. The van der Waals surface area contributed by atoms with E-state index < -0.39 is 0 Å². The number of nitrogens with one attached hydrogen (secondary N) is 1. The predicted octanol–water partition coefficient (Wildman–Crippen LogP) is 6.06. The van der Waals surface area contributed by atoms with Crippen molar-refractivity contribution in [1.82, 2.24) is 14.9 Å². The molecule has 1 aromatic carbocycles. The molecule has 0 aliphatic rings. The van der Waals surface area contributed by atoms with Gasteiger partial charge >= 0.3 is 0 Å². The summed E-state index contributed by atoms with van der Waals surface area (Å²) >= 11 is 3.37. The van der Waals surface area contributed by atoms with Crippen LogP contribution in [0.4, 0.5) is 10.9 Å². The van der Waals surface area contributed by atoms with Crippen molar-refractivity contribution in [2.45, 2.75) is 24.8 Å². The van der Waals surface area contributed by atoms with Gasteiger partial charge in [-0.1, -0.05) is 30.3 Å². The molecule has 1 N–H and O–H groups in total. The molecule has 9 heteroatoms. The van der Waals surface area contributed by atoms with Crippen molar-refractivity contribution in [3.63, 3.8) is 0 Å². The number of pyridine rings is 1. The van der Waals surface area contributed by atoms with Crippen LogP contribution in [0.2, 0.25) is 0 Å². The highest BCUT2D eigenvalue weighted by Crippen LogP contribution is 2.32. The fraction of sp³-hybridized carbons (Fsp3) is 0.333. The summed E-state index contributed by atoms with van der Waals surface area (Å²) in [5.74, 6) is 2.49. The first-order valence-electron chi connectivity index (χ1n) is 9.23. The second-order valence-corrected chi connectivity index (χ2v) is 8.74. The average molecular weight is 488 g/mol. The minimum absolute atomic E-state index is 0. The summed E-state index contributed by atoms with van der Waals surface area (Å²) < 4.78 is 6.12. The minimum Gasteiger partial charge on any atom is -0.485 e. The fourth-order valence-corrected chi connectivity index (χ4v) is 4.04. The van der Waals surface area contributed by atoms with E-state index in [0.717, 1.165) is 45.8 Å². The molecular weight excluding hydrogens is 459 g/mol. The molecule has 0 saturated heterocycles. The lowest BCUT2D eigenvalue weighted by Crippen LogP contribution is -2.13. The highest BCUT2D eigenvalue weighted by Gasteiger charge is 2.10. The van der Waals surface area contributed by atoms with Crippen LogP contribution in [0.1, 0.15) is 17.7 Å². The molecule has 2 aromatic heterocycles. The van der Waals surface area contributed by atoms with Crippen LogP contribution in [-0.4, -0.2) is 41.3 Å². The first kappa shape index (κ1) is 26.5. The molecule has 0 amide bonds. The molecule has 3 aromatic rings. The van der Waals surface area contributed by atoms with Crippen LogP contribution in [0, 0.1) is 6.92 Å². The molecular formula is C21H28Cl2N4OS2. The number of thioether (sulfide) groups is 1. The first-order valence-corrected chi connectivity index (χ1v) is 11.1. The Labute approximate surface area is 199 Å². The average Bonchev–Trinajstić information content (AvgIpc) is 3.10. The zero-order valence-electron chi connectivity index (χ0n) is 17.3. The number of nitrogens with zero attached hydrogens (tertiary/aromatic N) is 3. The van der Waals surface area contributed by atoms with E-state index >= 15 is 0 Å². The van der Waals surface area contributed by atoms with Crippen molar-refractivity contribution in [2.75, 3.05) is 31.7 Å². The van der Waals surface area contributed by atoms with Gasteiger partial charge in [0.1, 0.15) is 6.61 Å². The largest absolute Gasteiger partial charge is 0.485 e. The summed E-state index contributed by atoms with van der Waals surface area (Å²) in [4.78, 5) is 12.4. The van der Waals surface area contributed by atoms with Gasteiger partial charge in [-0.2, -0.15) is 0 Å². The molecule has 0 bridgehead atoms. The third-order valence-corrected chi connectivity index (χ3v) is 5.85. The highest BCUT2D eigenvalue weighted by molar-refractivity contribution is 7.99. The Morgan fingerprint density at radius 3 is 2.60 bits per heavy atom. The normalized spacial score (nSPS) is 10.3. The number of hydrogen-bond acceptors (Lipinski definition) is 7. The van der Waals surface area contributed by atoms with Crippen molar-refractivity contribution in [1.29, 1.82) is 0 Å². The van der Waals surface area contributed by atoms with E-state index in [1.165, 1.54) is 0 Å². The number of anilines is 2. The minimum atomic E-state index is 0. The number of aryl methyl sites for hydroxylation is 1. The summed E-state index contributed by atoms with van der Waals surface area (Å²) in [7, 11) is 4.20. The Kier molecular flexibility index (Phi) is 12.1. The van der Waals surface area contributed by atoms with Crippen LogP contribution < -0.4 is 10.1 Å². The molecule has 0 aliphatic heterocycles. The number of hydrogen-bond donors (Lipinski definition) is 1. The van der Waals surface area contributed by atoms with Gasteiger partial charge in [-0.15, -0.1) is 47.9 Å². The third-order valence-electron chi connectivity index (χ3n) is 3.93. The van der Waals surface area contributed by atoms with E-state index in [-0.39, 0.29) is 24.8 Å². The zero-order chi connectivity index (χ0) is 19.8. The van der Waals surface area contributed by atoms with E-state index in [9.17, 15) is 0 Å². The van der Waals surface area contributed by atoms with Crippen molar-refractivity contribution < 1.29 is 4.74 Å². The zero-order valence-corrected chi connectivity index (χ0v) is 20.6. The monoisotopic (exact) mass is 486 g/mol. The summed E-state index contributed by atoms with van der Waals surface area (Å²) in [6.07, 6.45) is 3.04. The van der Waals surface area contributed by atoms with E-state index in [2.05, 4.69) is 52.5 Å². The maximum atomic E-state index is 6.12. The smallest absolute Gasteiger partial charge is 0.188 e. The summed E-state index contributed by atoms with van der Waals surface area (Å²) in [6.45, 7) is 3.57. The lowest BCUT2D eigenvalue weighted by atomic mass is 10.2. The highest BCUT2D eigenvalue weighted by atomic mass is 35.5. The van der Waals surface area contributed by atoms with Crippen molar-refractivity contribution in [3.05, 3.63) is 59.2 Å². The summed E-state index contributed by atoms with van der Waals surface area (Å²) in [6, 6.07) is 12.2. The summed E-state index contributed by atoms with van der Waals surface area (Å²) in [5.41, 5.74) is 2.12. The molecule has 2 heterocycles. The third kappa shape index (κ3) is 8.70. The van der Waals surface area contributed by atoms with Gasteiger partial charge in [0.15, 0.2) is 16.7 Å². The molecule has 0 spiro atoms. The Bertz CT molecular complexity index is 878. The van der Waals surface area contributed by atoms with Gasteiger partial charge in [0, 0.05) is 16.5 Å². The Hall–Kier alpha value is -1.51. The van der Waals surface area contributed by atoms with Gasteiger partial charge in [0.05, 0.1) is 5.69 Å². The molecule has 0 radical (unpaired) electrons. The quantitative estimate of drug-likeness (QED) is 0.277. The predicted molar refractivity (Wildman–Crippen MR) is 134 cm³/mol. The molecule has 0 fully saturated rings. The maximum Gasteiger partial charge on any atom is 0.188 e. The van der Waals surface area contributed by atoms with Crippen LogP contribution >= 0.6 is 47.9 Å². The van der Waals surface area contributed by atoms with E-state index in [4.69, 9.17) is 4.74 Å². The van der Waals surface area contributed by atoms with Gasteiger partial charge in [0.2, 0.25) is 0 Å². The van der Waals surface area contributed by atoms with Crippen LogP contribution in [0.15, 0.2) is 52.9 Å². The van der Waals surface area contributed by atoms with Crippen molar-refractivity contribution >= 4 is 58.9 Å². The van der Waals surface area contributed by atoms with Gasteiger partial charge in [-0.05, 0) is 51.4 Å². The van der Waals surface area contributed by atoms with E-state index in [1.54, 1.807) is 11.3 Å². The molecule has 0 unspecified atom stereocenters. The number of aromatic nitrogens is 2. The van der Waals surface area contributed by atoms with Gasteiger partial charge in [-0.25, -0.2) is 9.97 Å². The number of thiazole rings is 1. The number of rotatable bonds is 10. The van der Waals surface area contributed by atoms with Crippen LogP contribution in [-0.2, 0) is 6.61 Å². The second kappa shape index (κ2) is 13.7. The van der Waals surface area contributed by atoms with Gasteiger partial charge in [0.25, 0.3) is 0 Å². The lowest BCUT2D eigenvalue weighted by molar-refractivity contribution is 0.306. The molecule has 30 heavy (non-hydrogen) atoms. The SMILES string of the molecule is Cc1csc(Nc2ncc(SCCCN(C)C)cc2OCc2ccccc2)n1.Cl.Cl. The first-order chi connectivity index (χ1) is 13.6. The number of ether oxygens (including phenoxy) is 1.